The summed E-state index contributed by atoms with van der Waals surface area (Å²) in [6.45, 7) is 2.10. The van der Waals surface area contributed by atoms with E-state index in [-0.39, 0.29) is 31.1 Å². The Hall–Kier alpha value is -4.07. The van der Waals surface area contributed by atoms with E-state index in [0.29, 0.717) is 19.2 Å². The Labute approximate surface area is 245 Å². The number of nitrogens with zero attached hydrogens (tertiary/aromatic N) is 4. The molecule has 0 amide bonds. The normalized spacial score (nSPS) is 13.7. The van der Waals surface area contributed by atoms with Gasteiger partial charge in [-0.3, -0.25) is 4.90 Å². The third kappa shape index (κ3) is 10.0. The minimum atomic E-state index is -4.70. The summed E-state index contributed by atoms with van der Waals surface area (Å²) in [6, 6.07) is 6.41. The average Bonchev–Trinajstić information content (AvgIpc) is 2.96. The topological polar surface area (TPSA) is 112 Å². The minimum Gasteiger partial charge on any atom is -0.492 e. The summed E-state index contributed by atoms with van der Waals surface area (Å²) >= 11 is 0. The van der Waals surface area contributed by atoms with Crippen LogP contribution in [0.15, 0.2) is 42.7 Å². The number of ether oxygens (including phenoxy) is 1. The van der Waals surface area contributed by atoms with Gasteiger partial charge >= 0.3 is 12.1 Å². The van der Waals surface area contributed by atoms with Gasteiger partial charge in [-0.15, -0.1) is 0 Å². The lowest BCUT2D eigenvalue weighted by atomic mass is 10.1. The first-order valence-electron chi connectivity index (χ1n) is 14.0. The number of aliphatic carboxylic acids is 1. The van der Waals surface area contributed by atoms with Gasteiger partial charge in [-0.05, 0) is 56.7 Å². The molecule has 0 aliphatic carbocycles. The van der Waals surface area contributed by atoms with Crippen molar-refractivity contribution in [3.63, 3.8) is 0 Å². The summed E-state index contributed by atoms with van der Waals surface area (Å²) in [4.78, 5) is 25.5. The second-order valence-electron chi connectivity index (χ2n) is 10.2. The van der Waals surface area contributed by atoms with Gasteiger partial charge in [-0.1, -0.05) is 6.07 Å². The highest BCUT2D eigenvalue weighted by atomic mass is 19.4. The summed E-state index contributed by atoms with van der Waals surface area (Å²) in [5.41, 5.74) is 0.984. The van der Waals surface area contributed by atoms with Gasteiger partial charge in [0.05, 0.1) is 0 Å². The molecule has 2 aromatic heterocycles. The van der Waals surface area contributed by atoms with Crippen molar-refractivity contribution in [3.05, 3.63) is 71.3 Å². The molecule has 232 valence electrons. The molecule has 1 aromatic carbocycles. The lowest BCUT2D eigenvalue weighted by Gasteiger charge is -2.25. The van der Waals surface area contributed by atoms with Crippen molar-refractivity contribution < 1.29 is 36.6 Å². The highest BCUT2D eigenvalue weighted by Gasteiger charge is 2.33. The van der Waals surface area contributed by atoms with Gasteiger partial charge in [-0.25, -0.2) is 28.5 Å². The fourth-order valence-corrected chi connectivity index (χ4v) is 4.73. The molecule has 0 saturated heterocycles. The van der Waals surface area contributed by atoms with E-state index >= 15 is 0 Å². The summed E-state index contributed by atoms with van der Waals surface area (Å²) in [6.07, 6.45) is 0.424. The smallest absolute Gasteiger partial charge is 0.433 e. The van der Waals surface area contributed by atoms with Crippen LogP contribution in [0.25, 0.3) is 0 Å². The molecule has 14 heteroatoms. The van der Waals surface area contributed by atoms with Crippen molar-refractivity contribution in [3.8, 4) is 5.75 Å². The largest absolute Gasteiger partial charge is 0.492 e. The highest BCUT2D eigenvalue weighted by molar-refractivity contribution is 5.76. The number of fused-ring (bicyclic) bond motifs is 1. The van der Waals surface area contributed by atoms with Crippen molar-refractivity contribution >= 4 is 17.6 Å². The van der Waals surface area contributed by atoms with Crippen LogP contribution in [0.3, 0.4) is 0 Å². The molecule has 3 N–H and O–H groups in total. The monoisotopic (exact) mass is 608 g/mol. The zero-order valence-corrected chi connectivity index (χ0v) is 23.3. The van der Waals surface area contributed by atoms with Crippen LogP contribution in [0.2, 0.25) is 0 Å². The molecule has 3 aromatic rings. The third-order valence-electron chi connectivity index (χ3n) is 6.93. The van der Waals surface area contributed by atoms with Crippen molar-refractivity contribution in [2.75, 3.05) is 43.4 Å². The van der Waals surface area contributed by atoms with Gasteiger partial charge in [0, 0.05) is 49.6 Å². The first-order chi connectivity index (χ1) is 20.6. The Morgan fingerprint density at radius 2 is 1.86 bits per heavy atom. The van der Waals surface area contributed by atoms with Crippen LogP contribution >= 0.6 is 0 Å². The number of nitrogens with one attached hydrogen (secondary N) is 2. The number of hydrogen-bond donors (Lipinski definition) is 3. The Bertz CT molecular complexity index is 1360. The van der Waals surface area contributed by atoms with Crippen LogP contribution in [-0.2, 0) is 23.8 Å². The first kappa shape index (κ1) is 31.9. The first-order valence-corrected chi connectivity index (χ1v) is 14.0. The number of unbranched alkanes of at least 4 members (excludes halogenated alkanes) is 1. The second-order valence-corrected chi connectivity index (χ2v) is 10.2. The Balaban J connectivity index is 1.34. The number of carbonyl (C=O) groups is 1. The fourth-order valence-electron chi connectivity index (χ4n) is 4.73. The molecular formula is C29H33F5N6O3. The number of halogens is 5. The minimum absolute atomic E-state index is 0.0267. The molecule has 0 spiro atoms. The van der Waals surface area contributed by atoms with Crippen LogP contribution < -0.4 is 15.4 Å². The molecule has 4 rings (SSSR count). The lowest BCUT2D eigenvalue weighted by molar-refractivity contribution is -0.141. The summed E-state index contributed by atoms with van der Waals surface area (Å²) < 4.78 is 71.7. The van der Waals surface area contributed by atoms with E-state index in [0.717, 1.165) is 74.7 Å². The van der Waals surface area contributed by atoms with Crippen LogP contribution in [0, 0.1) is 11.6 Å². The maximum absolute atomic E-state index is 13.5. The molecule has 1 aliphatic rings. The van der Waals surface area contributed by atoms with E-state index in [1.54, 1.807) is 0 Å². The zero-order chi connectivity index (χ0) is 30.8. The van der Waals surface area contributed by atoms with Crippen molar-refractivity contribution in [1.82, 2.24) is 19.9 Å². The molecule has 0 bridgehead atoms. The van der Waals surface area contributed by atoms with Crippen LogP contribution in [0.4, 0.5) is 33.6 Å². The number of aryl methyl sites for hydroxylation is 2. The van der Waals surface area contributed by atoms with E-state index in [4.69, 9.17) is 9.72 Å². The maximum atomic E-state index is 13.5. The predicted molar refractivity (Wildman–Crippen MR) is 149 cm³/mol. The number of carboxylic acid groups (broad SMARTS) is 1. The zero-order valence-electron chi connectivity index (χ0n) is 23.3. The molecule has 3 heterocycles. The van der Waals surface area contributed by atoms with Gasteiger partial charge in [0.1, 0.15) is 53.7 Å². The molecule has 43 heavy (non-hydrogen) atoms. The van der Waals surface area contributed by atoms with Crippen LogP contribution in [-0.4, -0.2) is 69.8 Å². The maximum Gasteiger partial charge on any atom is 0.433 e. The number of carboxylic acids is 1. The average molecular weight is 609 g/mol. The predicted octanol–water partition coefficient (Wildman–Crippen LogP) is 5.19. The number of hydrogen-bond acceptors (Lipinski definition) is 8. The Morgan fingerprint density at radius 3 is 2.60 bits per heavy atom. The number of benzene rings is 1. The van der Waals surface area contributed by atoms with E-state index in [2.05, 4.69) is 26.7 Å². The number of rotatable bonds is 15. The summed E-state index contributed by atoms with van der Waals surface area (Å²) in [5, 5.41) is 15.6. The fraction of sp³-hybridized carbons (Fsp3) is 0.448. The van der Waals surface area contributed by atoms with Gasteiger partial charge in [0.2, 0.25) is 0 Å². The van der Waals surface area contributed by atoms with Gasteiger partial charge in [0.15, 0.2) is 0 Å². The number of aromatic nitrogens is 3. The lowest BCUT2D eigenvalue weighted by Crippen LogP contribution is -2.37. The third-order valence-corrected chi connectivity index (χ3v) is 6.93. The number of alkyl halides is 3. The molecule has 0 fully saturated rings. The molecule has 1 unspecified atom stereocenters. The molecule has 0 saturated carbocycles. The van der Waals surface area contributed by atoms with E-state index < -0.39 is 35.5 Å². The SMILES string of the molecule is O=C(O)C(CCN(CCCCc1ccc2c(n1)NCCC2)CCOc1cc(F)cc(F)c1)Nc1cc(C(F)(F)F)ncn1. The Morgan fingerprint density at radius 1 is 1.07 bits per heavy atom. The quantitative estimate of drug-likeness (QED) is 0.159. The second kappa shape index (κ2) is 14.9. The number of pyridine rings is 1. The number of anilines is 2. The summed E-state index contributed by atoms with van der Waals surface area (Å²) in [5.74, 6) is -2.11. The van der Waals surface area contributed by atoms with Crippen molar-refractivity contribution in [2.45, 2.75) is 50.7 Å². The van der Waals surface area contributed by atoms with Crippen LogP contribution in [0.1, 0.15) is 42.6 Å². The molecule has 9 nitrogen and oxygen atoms in total. The molecule has 0 radical (unpaired) electrons. The van der Waals surface area contributed by atoms with Gasteiger partial charge < -0.3 is 20.5 Å². The van der Waals surface area contributed by atoms with Gasteiger partial charge in [0.25, 0.3) is 0 Å². The van der Waals surface area contributed by atoms with Crippen LogP contribution in [0.5, 0.6) is 5.75 Å². The highest BCUT2D eigenvalue weighted by Crippen LogP contribution is 2.28. The van der Waals surface area contributed by atoms with E-state index in [1.165, 1.54) is 5.56 Å². The van der Waals surface area contributed by atoms with E-state index in [1.807, 2.05) is 11.0 Å². The van der Waals surface area contributed by atoms with Gasteiger partial charge in [-0.2, -0.15) is 13.2 Å². The van der Waals surface area contributed by atoms with E-state index in [9.17, 15) is 31.9 Å². The summed E-state index contributed by atoms with van der Waals surface area (Å²) in [7, 11) is 0. The standard InChI is InChI=1S/C29H33F5N6O3/c30-20-14-21(31)16-23(15-20)43-13-12-40(10-2-1-5-22-7-6-19-4-3-9-35-27(19)38-22)11-8-24(28(41)42)39-26-17-25(29(32,33)34)36-18-37-26/h6-7,14-18,24H,1-5,8-13H2,(H,35,38)(H,41,42)(H,36,37,39). The molecular weight excluding hydrogens is 575 g/mol. The molecule has 1 aliphatic heterocycles. The van der Waals surface area contributed by atoms with Crippen molar-refractivity contribution in [2.24, 2.45) is 0 Å². The molecule has 1 atom stereocenters. The Kier molecular flexibility index (Phi) is 11.0. The van der Waals surface area contributed by atoms with Crippen molar-refractivity contribution in [1.29, 1.82) is 0 Å².